The molecule has 2 aromatic rings. The van der Waals surface area contributed by atoms with Gasteiger partial charge in [0.1, 0.15) is 5.69 Å². The van der Waals surface area contributed by atoms with Crippen LogP contribution in [0.3, 0.4) is 0 Å². The molecule has 2 rings (SSSR count). The normalized spacial score (nSPS) is 10.2. The van der Waals surface area contributed by atoms with Gasteiger partial charge < -0.3 is 20.7 Å². The smallest absolute Gasteiger partial charge is 0.354 e. The van der Waals surface area contributed by atoms with E-state index in [0.29, 0.717) is 11.4 Å². The maximum Gasteiger partial charge on any atom is 0.354 e. The molecule has 0 aliphatic rings. The van der Waals surface area contributed by atoms with Crippen molar-refractivity contribution >= 4 is 23.4 Å². The molecule has 0 spiro atoms. The summed E-state index contributed by atoms with van der Waals surface area (Å²) < 4.78 is 0. The lowest BCUT2D eigenvalue weighted by atomic mass is 10.1. The number of carbonyl (C=O) groups excluding carboxylic acids is 1. The van der Waals surface area contributed by atoms with Gasteiger partial charge >= 0.3 is 12.0 Å². The second-order valence-corrected chi connectivity index (χ2v) is 4.68. The van der Waals surface area contributed by atoms with Crippen LogP contribution in [0.5, 0.6) is 0 Å². The van der Waals surface area contributed by atoms with Crippen molar-refractivity contribution in [1.82, 2.24) is 4.98 Å². The van der Waals surface area contributed by atoms with Gasteiger partial charge in [0.25, 0.3) is 0 Å². The van der Waals surface area contributed by atoms with Crippen molar-refractivity contribution in [1.29, 1.82) is 0 Å². The fourth-order valence-corrected chi connectivity index (χ4v) is 1.96. The summed E-state index contributed by atoms with van der Waals surface area (Å²) in [5, 5.41) is 14.2. The van der Waals surface area contributed by atoms with Crippen molar-refractivity contribution in [3.8, 4) is 0 Å². The van der Waals surface area contributed by atoms with Gasteiger partial charge in [-0.2, -0.15) is 0 Å². The minimum Gasteiger partial charge on any atom is -0.477 e. The molecule has 1 aromatic carbocycles. The first-order chi connectivity index (χ1) is 9.99. The monoisotopic (exact) mass is 287 g/mol. The Kier molecular flexibility index (Phi) is 4.27. The summed E-state index contributed by atoms with van der Waals surface area (Å²) in [4.78, 5) is 25.6. The number of hydrogen-bond donors (Lipinski definition) is 4. The molecule has 0 unspecified atom stereocenters. The predicted octanol–water partition coefficient (Wildman–Crippen LogP) is 3.23. The molecule has 0 atom stereocenters. The van der Waals surface area contributed by atoms with E-state index in [9.17, 15) is 9.59 Å². The number of urea groups is 1. The van der Waals surface area contributed by atoms with Gasteiger partial charge in [0, 0.05) is 11.4 Å². The van der Waals surface area contributed by atoms with E-state index in [1.54, 1.807) is 25.1 Å². The van der Waals surface area contributed by atoms with Gasteiger partial charge in [0.2, 0.25) is 0 Å². The number of aromatic amines is 1. The fraction of sp³-hybridized carbons (Fsp3) is 0.200. The molecule has 6 heteroatoms. The molecule has 0 bridgehead atoms. The minimum atomic E-state index is -1.12. The molecule has 0 aliphatic carbocycles. The molecule has 1 aromatic heterocycles. The largest absolute Gasteiger partial charge is 0.477 e. The van der Waals surface area contributed by atoms with Crippen LogP contribution in [0.1, 0.15) is 28.7 Å². The maximum atomic E-state index is 11.9. The van der Waals surface area contributed by atoms with Crippen LogP contribution in [0.15, 0.2) is 30.3 Å². The zero-order chi connectivity index (χ0) is 15.4. The summed E-state index contributed by atoms with van der Waals surface area (Å²) in [7, 11) is 0. The quantitative estimate of drug-likeness (QED) is 0.695. The summed E-state index contributed by atoms with van der Waals surface area (Å²) in [6, 6.07) is 8.55. The number of benzene rings is 1. The van der Waals surface area contributed by atoms with Crippen LogP contribution in [0.2, 0.25) is 0 Å². The Morgan fingerprint density at radius 3 is 2.43 bits per heavy atom. The zero-order valence-electron chi connectivity index (χ0n) is 11.9. The molecule has 0 saturated carbocycles. The van der Waals surface area contributed by atoms with Crippen LogP contribution in [0.25, 0.3) is 0 Å². The first-order valence-electron chi connectivity index (χ1n) is 6.59. The van der Waals surface area contributed by atoms with Gasteiger partial charge in [-0.05, 0) is 37.1 Å². The summed E-state index contributed by atoms with van der Waals surface area (Å²) in [5.41, 5.74) is 2.69. The van der Waals surface area contributed by atoms with Crippen molar-refractivity contribution in [2.45, 2.75) is 20.3 Å². The zero-order valence-corrected chi connectivity index (χ0v) is 11.9. The van der Waals surface area contributed by atoms with E-state index < -0.39 is 12.0 Å². The topological polar surface area (TPSA) is 94.2 Å². The highest BCUT2D eigenvalue weighted by atomic mass is 16.4. The van der Waals surface area contributed by atoms with Crippen LogP contribution >= 0.6 is 0 Å². The molecular weight excluding hydrogens is 270 g/mol. The van der Waals surface area contributed by atoms with Crippen molar-refractivity contribution < 1.29 is 14.7 Å². The highest BCUT2D eigenvalue weighted by Gasteiger charge is 2.15. The van der Waals surface area contributed by atoms with Gasteiger partial charge in [-0.1, -0.05) is 19.1 Å². The van der Waals surface area contributed by atoms with Gasteiger partial charge in [-0.15, -0.1) is 0 Å². The van der Waals surface area contributed by atoms with Crippen LogP contribution < -0.4 is 10.6 Å². The number of amides is 2. The Balaban J connectivity index is 2.06. The average Bonchev–Trinajstić information content (AvgIpc) is 2.80. The number of aromatic carboxylic acids is 1. The van der Waals surface area contributed by atoms with Crippen molar-refractivity contribution in [2.24, 2.45) is 0 Å². The minimum absolute atomic E-state index is 0.0380. The molecule has 4 N–H and O–H groups in total. The van der Waals surface area contributed by atoms with Gasteiger partial charge in [0.15, 0.2) is 0 Å². The van der Waals surface area contributed by atoms with E-state index in [2.05, 4.69) is 22.5 Å². The second-order valence-electron chi connectivity index (χ2n) is 4.68. The molecule has 2 amide bonds. The SMILES string of the molecule is CCc1ccc(NC(=O)Nc2cc(C)[nH]c2C(=O)O)cc1. The number of aromatic nitrogens is 1. The molecule has 0 aliphatic heterocycles. The number of H-pyrrole nitrogens is 1. The third-order valence-corrected chi connectivity index (χ3v) is 3.03. The van der Waals surface area contributed by atoms with Crippen molar-refractivity contribution in [3.05, 3.63) is 47.3 Å². The summed E-state index contributed by atoms with van der Waals surface area (Å²) >= 11 is 0. The third kappa shape index (κ3) is 3.62. The van der Waals surface area contributed by atoms with E-state index in [1.165, 1.54) is 5.56 Å². The lowest BCUT2D eigenvalue weighted by Gasteiger charge is -2.07. The van der Waals surface area contributed by atoms with Crippen molar-refractivity contribution in [2.75, 3.05) is 10.6 Å². The van der Waals surface area contributed by atoms with E-state index in [-0.39, 0.29) is 11.4 Å². The van der Waals surface area contributed by atoms with Crippen LogP contribution in [-0.4, -0.2) is 22.1 Å². The number of nitrogens with one attached hydrogen (secondary N) is 3. The first-order valence-corrected chi connectivity index (χ1v) is 6.59. The van der Waals surface area contributed by atoms with Crippen molar-refractivity contribution in [3.63, 3.8) is 0 Å². The maximum absolute atomic E-state index is 11.9. The van der Waals surface area contributed by atoms with E-state index in [0.717, 1.165) is 6.42 Å². The third-order valence-electron chi connectivity index (χ3n) is 3.03. The van der Waals surface area contributed by atoms with Crippen LogP contribution in [0, 0.1) is 6.92 Å². The predicted molar refractivity (Wildman–Crippen MR) is 81.0 cm³/mol. The first kappa shape index (κ1) is 14.6. The molecule has 21 heavy (non-hydrogen) atoms. The molecule has 1 heterocycles. The lowest BCUT2D eigenvalue weighted by Crippen LogP contribution is -2.20. The lowest BCUT2D eigenvalue weighted by molar-refractivity contribution is 0.0692. The molecule has 0 saturated heterocycles. The Morgan fingerprint density at radius 2 is 1.86 bits per heavy atom. The highest BCUT2D eigenvalue weighted by molar-refractivity contribution is 6.04. The van der Waals surface area contributed by atoms with E-state index in [1.807, 2.05) is 12.1 Å². The standard InChI is InChI=1S/C15H17N3O3/c1-3-10-4-6-11(7-5-10)17-15(21)18-12-8-9(2)16-13(12)14(19)20/h4-8,16H,3H2,1-2H3,(H,19,20)(H2,17,18,21). The van der Waals surface area contributed by atoms with Crippen LogP contribution in [0.4, 0.5) is 16.2 Å². The number of hydrogen-bond acceptors (Lipinski definition) is 2. The number of carboxylic acids is 1. The average molecular weight is 287 g/mol. The Hall–Kier alpha value is -2.76. The van der Waals surface area contributed by atoms with E-state index in [4.69, 9.17) is 5.11 Å². The van der Waals surface area contributed by atoms with Crippen LogP contribution in [-0.2, 0) is 6.42 Å². The second kappa shape index (κ2) is 6.13. The summed E-state index contributed by atoms with van der Waals surface area (Å²) in [5.74, 6) is -1.12. The molecular formula is C15H17N3O3. The van der Waals surface area contributed by atoms with Gasteiger partial charge in [-0.25, -0.2) is 9.59 Å². The number of anilines is 2. The molecule has 0 radical (unpaired) electrons. The Bertz CT molecular complexity index is 659. The Labute approximate surface area is 122 Å². The number of carbonyl (C=O) groups is 2. The van der Waals surface area contributed by atoms with Gasteiger partial charge in [0.05, 0.1) is 5.69 Å². The molecule has 0 fully saturated rings. The Morgan fingerprint density at radius 1 is 1.19 bits per heavy atom. The number of carboxylic acid groups (broad SMARTS) is 1. The molecule has 6 nitrogen and oxygen atoms in total. The number of aryl methyl sites for hydroxylation is 2. The summed E-state index contributed by atoms with van der Waals surface area (Å²) in [6.45, 7) is 3.77. The highest BCUT2D eigenvalue weighted by Crippen LogP contribution is 2.17. The molecule has 110 valence electrons. The number of rotatable bonds is 4. The summed E-state index contributed by atoms with van der Waals surface area (Å²) in [6.07, 6.45) is 0.928. The fourth-order valence-electron chi connectivity index (χ4n) is 1.96. The van der Waals surface area contributed by atoms with E-state index >= 15 is 0 Å². The van der Waals surface area contributed by atoms with Gasteiger partial charge in [-0.3, -0.25) is 0 Å².